The average molecular weight is 637 g/mol. The van der Waals surface area contributed by atoms with Gasteiger partial charge in [0.2, 0.25) is 0 Å². The van der Waals surface area contributed by atoms with E-state index in [-0.39, 0.29) is 11.2 Å². The summed E-state index contributed by atoms with van der Waals surface area (Å²) in [5, 5.41) is 12.4. The molecule has 4 nitrogen and oxygen atoms in total. The topological polar surface area (TPSA) is 70.1 Å². The van der Waals surface area contributed by atoms with Gasteiger partial charge in [-0.05, 0) is 90.8 Å². The number of thioether (sulfide) groups is 1. The van der Waals surface area contributed by atoms with Crippen molar-refractivity contribution >= 4 is 58.0 Å². The molecule has 0 radical (unpaired) electrons. The predicted octanol–water partition coefficient (Wildman–Crippen LogP) is 9.81. The standard InChI is InChI=1S/C34H32Cl3N3OS/c1-18-11-19(2)23(12-21(18)17-42-30-13-22(35)9-10-26(30)37)31-24(16-38)33(39)40(27-8-6-7-25(36)20(27)3)28-14-34(4,5)15-29(41)32(28)31/h6-13,31H,14-15,17,39H2,1-5H3. The summed E-state index contributed by atoms with van der Waals surface area (Å²) in [7, 11) is 0. The zero-order valence-electron chi connectivity index (χ0n) is 24.2. The molecule has 0 fully saturated rings. The summed E-state index contributed by atoms with van der Waals surface area (Å²) in [6.07, 6.45) is 1.03. The number of carbonyl (C=O) groups is 1. The van der Waals surface area contributed by atoms with Gasteiger partial charge in [0.25, 0.3) is 0 Å². The van der Waals surface area contributed by atoms with E-state index < -0.39 is 5.92 Å². The van der Waals surface area contributed by atoms with Crippen molar-refractivity contribution in [2.75, 3.05) is 4.90 Å². The van der Waals surface area contributed by atoms with Gasteiger partial charge in [0, 0.05) is 38.4 Å². The highest BCUT2D eigenvalue weighted by atomic mass is 35.5. The van der Waals surface area contributed by atoms with Crippen molar-refractivity contribution in [2.24, 2.45) is 11.1 Å². The molecule has 0 saturated heterocycles. The van der Waals surface area contributed by atoms with Crippen LogP contribution in [0.1, 0.15) is 60.4 Å². The van der Waals surface area contributed by atoms with Gasteiger partial charge in [0.1, 0.15) is 5.82 Å². The first-order chi connectivity index (χ1) is 19.8. The molecule has 216 valence electrons. The number of ketones is 1. The van der Waals surface area contributed by atoms with Crippen LogP contribution in [-0.2, 0) is 10.5 Å². The number of halogens is 3. The van der Waals surface area contributed by atoms with Gasteiger partial charge in [0.05, 0.1) is 28.3 Å². The van der Waals surface area contributed by atoms with Gasteiger partial charge >= 0.3 is 0 Å². The third-order valence-corrected chi connectivity index (χ3v) is 10.4. The number of allylic oxidation sites excluding steroid dienone is 3. The minimum Gasteiger partial charge on any atom is -0.384 e. The van der Waals surface area contributed by atoms with Crippen molar-refractivity contribution in [3.05, 3.63) is 114 Å². The number of rotatable bonds is 5. The van der Waals surface area contributed by atoms with Crippen LogP contribution >= 0.6 is 46.6 Å². The molecule has 8 heteroatoms. The molecule has 3 aromatic carbocycles. The Hall–Kier alpha value is -2.88. The van der Waals surface area contributed by atoms with E-state index in [0.717, 1.165) is 44.1 Å². The van der Waals surface area contributed by atoms with Crippen LogP contribution in [0.4, 0.5) is 5.69 Å². The smallest absolute Gasteiger partial charge is 0.162 e. The van der Waals surface area contributed by atoms with Gasteiger partial charge in [-0.1, -0.05) is 66.8 Å². The van der Waals surface area contributed by atoms with E-state index in [1.165, 1.54) is 0 Å². The Kier molecular flexibility index (Phi) is 8.49. The lowest BCUT2D eigenvalue weighted by atomic mass is 9.68. The zero-order chi connectivity index (χ0) is 30.5. The third kappa shape index (κ3) is 5.58. The van der Waals surface area contributed by atoms with E-state index in [1.807, 2.05) is 43.0 Å². The van der Waals surface area contributed by atoms with Gasteiger partial charge in [-0.2, -0.15) is 5.26 Å². The lowest BCUT2D eigenvalue weighted by Crippen LogP contribution is -2.42. The summed E-state index contributed by atoms with van der Waals surface area (Å²) in [5.41, 5.74) is 14.2. The normalized spacial score (nSPS) is 18.3. The Labute approximate surface area is 267 Å². The Balaban J connectivity index is 1.68. The minimum atomic E-state index is -0.566. The number of benzene rings is 3. The molecule has 1 aliphatic carbocycles. The molecule has 2 N–H and O–H groups in total. The fraction of sp³-hybridized carbons (Fsp3) is 0.294. The van der Waals surface area contributed by atoms with Crippen LogP contribution in [0.2, 0.25) is 15.1 Å². The molecule has 42 heavy (non-hydrogen) atoms. The average Bonchev–Trinajstić information content (AvgIpc) is 2.91. The molecule has 0 saturated carbocycles. The van der Waals surface area contributed by atoms with Crippen molar-refractivity contribution < 1.29 is 4.79 Å². The van der Waals surface area contributed by atoms with Gasteiger partial charge in [-0.15, -0.1) is 11.8 Å². The Morgan fingerprint density at radius 1 is 1.02 bits per heavy atom. The molecule has 0 bridgehead atoms. The highest BCUT2D eigenvalue weighted by Gasteiger charge is 2.45. The second kappa shape index (κ2) is 11.7. The highest BCUT2D eigenvalue weighted by molar-refractivity contribution is 7.98. The Morgan fingerprint density at radius 2 is 1.76 bits per heavy atom. The maximum Gasteiger partial charge on any atom is 0.162 e. The van der Waals surface area contributed by atoms with E-state index in [9.17, 15) is 10.1 Å². The number of carbonyl (C=O) groups excluding carboxylic acids is 1. The predicted molar refractivity (Wildman–Crippen MR) is 175 cm³/mol. The summed E-state index contributed by atoms with van der Waals surface area (Å²) in [4.78, 5) is 16.8. The first kappa shape index (κ1) is 30.6. The molecule has 1 atom stereocenters. The molecule has 2 aliphatic rings. The first-order valence-electron chi connectivity index (χ1n) is 13.7. The highest BCUT2D eigenvalue weighted by Crippen LogP contribution is 2.51. The van der Waals surface area contributed by atoms with E-state index >= 15 is 0 Å². The van der Waals surface area contributed by atoms with Crippen LogP contribution in [-0.4, -0.2) is 5.78 Å². The summed E-state index contributed by atoms with van der Waals surface area (Å²) < 4.78 is 0. The largest absolute Gasteiger partial charge is 0.384 e. The van der Waals surface area contributed by atoms with Gasteiger partial charge in [-0.3, -0.25) is 9.69 Å². The van der Waals surface area contributed by atoms with Gasteiger partial charge in [0.15, 0.2) is 5.78 Å². The summed E-state index contributed by atoms with van der Waals surface area (Å²) in [5.74, 6) is 0.452. The second-order valence-corrected chi connectivity index (χ2v) is 14.1. The second-order valence-electron chi connectivity index (χ2n) is 11.9. The maximum absolute atomic E-state index is 14.1. The molecule has 0 aromatic heterocycles. The van der Waals surface area contributed by atoms with Crippen molar-refractivity contribution in [1.29, 1.82) is 5.26 Å². The van der Waals surface area contributed by atoms with E-state index in [4.69, 9.17) is 40.5 Å². The number of aryl methyl sites for hydroxylation is 2. The molecule has 0 spiro atoms. The lowest BCUT2D eigenvalue weighted by Gasteiger charge is -2.44. The van der Waals surface area contributed by atoms with E-state index in [2.05, 4.69) is 39.0 Å². The Morgan fingerprint density at radius 3 is 2.48 bits per heavy atom. The molecule has 1 unspecified atom stereocenters. The monoisotopic (exact) mass is 635 g/mol. The zero-order valence-corrected chi connectivity index (χ0v) is 27.3. The number of hydrogen-bond donors (Lipinski definition) is 1. The van der Waals surface area contributed by atoms with Gasteiger partial charge in [-0.25, -0.2) is 0 Å². The summed E-state index contributed by atoms with van der Waals surface area (Å²) in [6.45, 7) is 10.2. The van der Waals surface area contributed by atoms with Crippen LogP contribution in [0.15, 0.2) is 76.1 Å². The van der Waals surface area contributed by atoms with Crippen molar-refractivity contribution in [1.82, 2.24) is 0 Å². The molecule has 3 aromatic rings. The number of hydrogen-bond acceptors (Lipinski definition) is 5. The van der Waals surface area contributed by atoms with Crippen LogP contribution in [0.25, 0.3) is 0 Å². The van der Waals surface area contributed by atoms with E-state index in [0.29, 0.717) is 50.6 Å². The van der Waals surface area contributed by atoms with Crippen LogP contribution in [0.3, 0.4) is 0 Å². The molecule has 1 aliphatic heterocycles. The van der Waals surface area contributed by atoms with Crippen molar-refractivity contribution in [2.45, 2.75) is 64.0 Å². The molecular weight excluding hydrogens is 605 g/mol. The first-order valence-corrected chi connectivity index (χ1v) is 15.8. The van der Waals surface area contributed by atoms with Crippen molar-refractivity contribution in [3.8, 4) is 6.07 Å². The van der Waals surface area contributed by atoms with Crippen LogP contribution in [0, 0.1) is 37.5 Å². The molecule has 5 rings (SSSR count). The number of Topliss-reactive ketones (excluding diaryl/α,β-unsaturated/α-hetero) is 1. The van der Waals surface area contributed by atoms with E-state index in [1.54, 1.807) is 23.9 Å². The number of anilines is 1. The summed E-state index contributed by atoms with van der Waals surface area (Å²) >= 11 is 20.8. The third-order valence-electron chi connectivity index (χ3n) is 8.17. The van der Waals surface area contributed by atoms with Crippen molar-refractivity contribution in [3.63, 3.8) is 0 Å². The minimum absolute atomic E-state index is 0.0396. The van der Waals surface area contributed by atoms with Crippen LogP contribution < -0.4 is 10.6 Å². The maximum atomic E-state index is 14.1. The Bertz CT molecular complexity index is 1730. The fourth-order valence-corrected chi connectivity index (χ4v) is 7.79. The molecule has 1 heterocycles. The number of nitrogens with zero attached hydrogens (tertiary/aromatic N) is 2. The number of nitriles is 1. The SMILES string of the molecule is Cc1cc(C)c(C2C(C#N)=C(N)N(c3cccc(Cl)c3C)C3=C2C(=O)CC(C)(C)C3)cc1CSc1cc(Cl)ccc1Cl. The molecule has 0 amide bonds. The lowest BCUT2D eigenvalue weighted by molar-refractivity contribution is -0.118. The fourth-order valence-electron chi connectivity index (χ4n) is 6.06. The molecular formula is C34H32Cl3N3OS. The van der Waals surface area contributed by atoms with Gasteiger partial charge < -0.3 is 5.73 Å². The number of nitrogens with two attached hydrogens (primary N) is 1. The summed E-state index contributed by atoms with van der Waals surface area (Å²) in [6, 6.07) is 17.7. The quantitative estimate of drug-likeness (QED) is 0.282. The van der Waals surface area contributed by atoms with Crippen LogP contribution in [0.5, 0.6) is 0 Å².